The highest BCUT2D eigenvalue weighted by atomic mass is 32.2. The lowest BCUT2D eigenvalue weighted by molar-refractivity contribution is 0.387. The molecule has 0 fully saturated rings. The zero-order chi connectivity index (χ0) is 7.68. The van der Waals surface area contributed by atoms with E-state index in [1.165, 1.54) is 5.56 Å². The van der Waals surface area contributed by atoms with Crippen molar-refractivity contribution in [1.29, 1.82) is 0 Å². The van der Waals surface area contributed by atoms with E-state index in [-0.39, 0.29) is 0 Å². The summed E-state index contributed by atoms with van der Waals surface area (Å²) in [6.07, 6.45) is 0. The Balaban J connectivity index is 2.27. The van der Waals surface area contributed by atoms with Gasteiger partial charge >= 0.3 is 0 Å². The van der Waals surface area contributed by atoms with E-state index in [1.807, 2.05) is 18.8 Å². The third kappa shape index (κ3) is 1.16. The molecule has 1 N–H and O–H groups in total. The van der Waals surface area contributed by atoms with Crippen LogP contribution in [0.15, 0.2) is 4.52 Å². The van der Waals surface area contributed by atoms with Crippen LogP contribution >= 0.6 is 11.8 Å². The molecule has 0 radical (unpaired) electrons. The molecule has 0 bridgehead atoms. The number of fused-ring (bicyclic) bond motifs is 1. The molecule has 0 amide bonds. The van der Waals surface area contributed by atoms with Crippen molar-refractivity contribution in [3.63, 3.8) is 0 Å². The molecule has 1 aliphatic rings. The van der Waals surface area contributed by atoms with Crippen LogP contribution in [0.3, 0.4) is 0 Å². The topological polar surface area (TPSA) is 38.1 Å². The molecule has 60 valence electrons. The van der Waals surface area contributed by atoms with E-state index in [9.17, 15) is 0 Å². The van der Waals surface area contributed by atoms with Crippen LogP contribution in [0.1, 0.15) is 17.0 Å². The highest BCUT2D eigenvalue weighted by Crippen LogP contribution is 2.31. The van der Waals surface area contributed by atoms with E-state index in [2.05, 4.69) is 10.5 Å². The molecule has 0 aromatic carbocycles. The highest BCUT2D eigenvalue weighted by Gasteiger charge is 2.20. The summed E-state index contributed by atoms with van der Waals surface area (Å²) >= 11 is 1.89. The zero-order valence-electron chi connectivity index (χ0n) is 6.39. The third-order valence-corrected chi connectivity index (χ3v) is 2.73. The van der Waals surface area contributed by atoms with Gasteiger partial charge < -0.3 is 9.84 Å². The van der Waals surface area contributed by atoms with Crippen LogP contribution in [-0.4, -0.2) is 12.2 Å². The van der Waals surface area contributed by atoms with Gasteiger partial charge in [0.1, 0.15) is 5.69 Å². The SMILES string of the molecule is CNCc1noc2c1CSC2. The Kier molecular flexibility index (Phi) is 1.87. The molecule has 3 nitrogen and oxygen atoms in total. The quantitative estimate of drug-likeness (QED) is 0.722. The predicted molar refractivity (Wildman–Crippen MR) is 44.3 cm³/mol. The second-order valence-corrected chi connectivity index (χ2v) is 3.54. The minimum atomic E-state index is 0.819. The molecule has 2 heterocycles. The summed E-state index contributed by atoms with van der Waals surface area (Å²) in [5.41, 5.74) is 2.39. The van der Waals surface area contributed by atoms with E-state index < -0.39 is 0 Å². The molecule has 1 aromatic heterocycles. The second-order valence-electron chi connectivity index (χ2n) is 2.55. The minimum absolute atomic E-state index is 0.819. The molecule has 11 heavy (non-hydrogen) atoms. The Morgan fingerprint density at radius 1 is 1.64 bits per heavy atom. The van der Waals surface area contributed by atoms with Gasteiger partial charge in [-0.05, 0) is 7.05 Å². The third-order valence-electron chi connectivity index (χ3n) is 1.77. The molecule has 0 aliphatic carbocycles. The van der Waals surface area contributed by atoms with Crippen molar-refractivity contribution in [3.05, 3.63) is 17.0 Å². The van der Waals surface area contributed by atoms with Crippen molar-refractivity contribution in [3.8, 4) is 0 Å². The van der Waals surface area contributed by atoms with Crippen molar-refractivity contribution >= 4 is 11.8 Å². The van der Waals surface area contributed by atoms with Crippen LogP contribution in [0.5, 0.6) is 0 Å². The molecule has 0 spiro atoms. The summed E-state index contributed by atoms with van der Waals surface area (Å²) in [5.74, 6) is 3.13. The van der Waals surface area contributed by atoms with E-state index >= 15 is 0 Å². The van der Waals surface area contributed by atoms with Gasteiger partial charge in [-0.15, -0.1) is 11.8 Å². The van der Waals surface area contributed by atoms with Crippen LogP contribution in [-0.2, 0) is 18.1 Å². The fraction of sp³-hybridized carbons (Fsp3) is 0.571. The summed E-state index contributed by atoms with van der Waals surface area (Å²) in [7, 11) is 1.92. The molecule has 1 aromatic rings. The number of hydrogen-bond acceptors (Lipinski definition) is 4. The Morgan fingerprint density at radius 3 is 3.36 bits per heavy atom. The van der Waals surface area contributed by atoms with Crippen molar-refractivity contribution in [1.82, 2.24) is 10.5 Å². The van der Waals surface area contributed by atoms with E-state index in [1.54, 1.807) is 0 Å². The first-order valence-corrected chi connectivity index (χ1v) is 4.76. The van der Waals surface area contributed by atoms with Gasteiger partial charge in [0.15, 0.2) is 5.76 Å². The van der Waals surface area contributed by atoms with Gasteiger partial charge in [0.25, 0.3) is 0 Å². The highest BCUT2D eigenvalue weighted by molar-refractivity contribution is 7.98. The van der Waals surface area contributed by atoms with Gasteiger partial charge in [-0.3, -0.25) is 0 Å². The molecule has 0 saturated carbocycles. The van der Waals surface area contributed by atoms with Crippen LogP contribution in [0.2, 0.25) is 0 Å². The maximum absolute atomic E-state index is 5.15. The Hall–Kier alpha value is -0.480. The predicted octanol–water partition coefficient (Wildman–Crippen LogP) is 1.14. The normalized spacial score (nSPS) is 15.4. The zero-order valence-corrected chi connectivity index (χ0v) is 7.20. The molecule has 0 unspecified atom stereocenters. The summed E-state index contributed by atoms with van der Waals surface area (Å²) in [6.45, 7) is 0.819. The van der Waals surface area contributed by atoms with Crippen molar-refractivity contribution < 1.29 is 4.52 Å². The second kappa shape index (κ2) is 2.87. The first-order chi connectivity index (χ1) is 5.42. The molecule has 2 rings (SSSR count). The van der Waals surface area contributed by atoms with E-state index in [4.69, 9.17) is 4.52 Å². The average Bonchev–Trinajstić information content (AvgIpc) is 2.53. The van der Waals surface area contributed by atoms with Crippen LogP contribution in [0, 0.1) is 0 Å². The lowest BCUT2D eigenvalue weighted by atomic mass is 10.2. The van der Waals surface area contributed by atoms with E-state index in [0.29, 0.717) is 0 Å². The number of thioether (sulfide) groups is 1. The largest absolute Gasteiger partial charge is 0.360 e. The fourth-order valence-electron chi connectivity index (χ4n) is 1.21. The first-order valence-electron chi connectivity index (χ1n) is 3.60. The minimum Gasteiger partial charge on any atom is -0.360 e. The monoisotopic (exact) mass is 170 g/mol. The fourth-order valence-corrected chi connectivity index (χ4v) is 2.26. The number of hydrogen-bond donors (Lipinski definition) is 1. The summed E-state index contributed by atoms with van der Waals surface area (Å²) in [6, 6.07) is 0. The van der Waals surface area contributed by atoms with Gasteiger partial charge in [-0.1, -0.05) is 5.16 Å². The number of rotatable bonds is 2. The van der Waals surface area contributed by atoms with Gasteiger partial charge in [-0.2, -0.15) is 0 Å². The van der Waals surface area contributed by atoms with Crippen molar-refractivity contribution in [2.45, 2.75) is 18.1 Å². The lowest BCUT2D eigenvalue weighted by Crippen LogP contribution is -2.06. The standard InChI is InChI=1S/C7H10N2OS/c1-8-2-6-5-3-11-4-7(5)10-9-6/h8H,2-4H2,1H3. The average molecular weight is 170 g/mol. The molecule has 4 heteroatoms. The Labute approximate surface area is 69.5 Å². The smallest absolute Gasteiger partial charge is 0.150 e. The maximum Gasteiger partial charge on any atom is 0.150 e. The van der Waals surface area contributed by atoms with Gasteiger partial charge in [0, 0.05) is 17.9 Å². The first kappa shape index (κ1) is 7.18. The number of aromatic nitrogens is 1. The molecular weight excluding hydrogens is 160 g/mol. The van der Waals surface area contributed by atoms with Crippen LogP contribution in [0.25, 0.3) is 0 Å². The lowest BCUT2D eigenvalue weighted by Gasteiger charge is -1.93. The van der Waals surface area contributed by atoms with Gasteiger partial charge in [0.05, 0.1) is 5.75 Å². The number of nitrogens with one attached hydrogen (secondary N) is 1. The Morgan fingerprint density at radius 2 is 2.55 bits per heavy atom. The molecule has 0 saturated heterocycles. The van der Waals surface area contributed by atoms with E-state index in [0.717, 1.165) is 29.5 Å². The van der Waals surface area contributed by atoms with Gasteiger partial charge in [0.2, 0.25) is 0 Å². The maximum atomic E-state index is 5.15. The van der Waals surface area contributed by atoms with Gasteiger partial charge in [-0.25, -0.2) is 0 Å². The molecule has 1 aliphatic heterocycles. The summed E-state index contributed by atoms with van der Waals surface area (Å²) < 4.78 is 5.15. The summed E-state index contributed by atoms with van der Waals surface area (Å²) in [4.78, 5) is 0. The summed E-state index contributed by atoms with van der Waals surface area (Å²) in [5, 5.41) is 7.04. The molecule has 0 atom stereocenters. The Bertz CT molecular complexity index is 259. The molecular formula is C7H10N2OS. The number of nitrogens with zero attached hydrogens (tertiary/aromatic N) is 1. The van der Waals surface area contributed by atoms with Crippen LogP contribution in [0.4, 0.5) is 0 Å². The van der Waals surface area contributed by atoms with Crippen molar-refractivity contribution in [2.24, 2.45) is 0 Å². The van der Waals surface area contributed by atoms with Crippen molar-refractivity contribution in [2.75, 3.05) is 7.05 Å². The van der Waals surface area contributed by atoms with Crippen LogP contribution < -0.4 is 5.32 Å².